The molecule has 0 rings (SSSR count). The average Bonchev–Trinajstić information content (AvgIpc) is 2.39. The van der Waals surface area contributed by atoms with Crippen LogP contribution in [0.25, 0.3) is 0 Å². The Kier molecular flexibility index (Phi) is 11.6. The van der Waals surface area contributed by atoms with Crippen molar-refractivity contribution in [3.05, 3.63) is 12.2 Å². The number of ketones is 1. The first kappa shape index (κ1) is 19.3. The first-order chi connectivity index (χ1) is 9.50. The van der Waals surface area contributed by atoms with E-state index in [2.05, 4.69) is 19.1 Å². The Morgan fingerprint density at radius 2 is 1.40 bits per heavy atom. The van der Waals surface area contributed by atoms with Gasteiger partial charge >= 0.3 is 5.92 Å². The van der Waals surface area contributed by atoms with Crippen LogP contribution in [0.4, 0.5) is 8.78 Å². The van der Waals surface area contributed by atoms with Crippen LogP contribution in [0.2, 0.25) is 0 Å². The molecule has 0 N–H and O–H groups in total. The minimum Gasteiger partial charge on any atom is -0.293 e. The maximum absolute atomic E-state index is 13.0. The van der Waals surface area contributed by atoms with Crippen LogP contribution in [-0.2, 0) is 4.79 Å². The van der Waals surface area contributed by atoms with Gasteiger partial charge in [-0.2, -0.15) is 8.78 Å². The molecule has 0 aliphatic carbocycles. The van der Waals surface area contributed by atoms with E-state index in [1.807, 2.05) is 0 Å². The molecular weight excluding hydrogens is 258 g/mol. The number of hydrogen-bond donors (Lipinski definition) is 0. The van der Waals surface area contributed by atoms with Crippen LogP contribution < -0.4 is 0 Å². The van der Waals surface area contributed by atoms with Crippen molar-refractivity contribution in [2.45, 2.75) is 90.4 Å². The lowest BCUT2D eigenvalue weighted by Gasteiger charge is -2.11. The molecule has 0 unspecified atom stereocenters. The Labute approximate surface area is 122 Å². The predicted molar refractivity (Wildman–Crippen MR) is 81.2 cm³/mol. The molecule has 0 aromatic carbocycles. The summed E-state index contributed by atoms with van der Waals surface area (Å²) in [6.07, 6.45) is 14.7. The van der Waals surface area contributed by atoms with E-state index < -0.39 is 11.7 Å². The zero-order chi connectivity index (χ0) is 15.3. The molecule has 0 amide bonds. The Morgan fingerprint density at radius 1 is 0.900 bits per heavy atom. The molecule has 0 aromatic heterocycles. The number of rotatable bonds is 13. The summed E-state index contributed by atoms with van der Waals surface area (Å²) in [5, 5.41) is 0. The van der Waals surface area contributed by atoms with Crippen LogP contribution in [0, 0.1) is 0 Å². The maximum Gasteiger partial charge on any atom is 0.304 e. The van der Waals surface area contributed by atoms with E-state index in [4.69, 9.17) is 0 Å². The fraction of sp³-hybridized carbons (Fsp3) is 0.824. The fourth-order valence-corrected chi connectivity index (χ4v) is 2.05. The summed E-state index contributed by atoms with van der Waals surface area (Å²) in [7, 11) is 0. The maximum atomic E-state index is 13.0. The third-order valence-corrected chi connectivity index (χ3v) is 3.52. The fourth-order valence-electron chi connectivity index (χ4n) is 2.05. The van der Waals surface area contributed by atoms with E-state index in [-0.39, 0.29) is 6.42 Å². The van der Waals surface area contributed by atoms with Crippen molar-refractivity contribution in [1.29, 1.82) is 0 Å². The third kappa shape index (κ3) is 11.1. The summed E-state index contributed by atoms with van der Waals surface area (Å²) in [6, 6.07) is 0. The van der Waals surface area contributed by atoms with Gasteiger partial charge in [0, 0.05) is 13.3 Å². The van der Waals surface area contributed by atoms with E-state index in [1.165, 1.54) is 32.1 Å². The molecule has 20 heavy (non-hydrogen) atoms. The highest BCUT2D eigenvalue weighted by Crippen LogP contribution is 2.23. The minimum absolute atomic E-state index is 0.289. The average molecular weight is 288 g/mol. The molecule has 3 heteroatoms. The lowest BCUT2D eigenvalue weighted by atomic mass is 10.0. The van der Waals surface area contributed by atoms with Gasteiger partial charge in [0.15, 0.2) is 5.78 Å². The zero-order valence-corrected chi connectivity index (χ0v) is 13.1. The van der Waals surface area contributed by atoms with Crippen molar-refractivity contribution in [3.8, 4) is 0 Å². The van der Waals surface area contributed by atoms with Gasteiger partial charge in [-0.25, -0.2) is 0 Å². The lowest BCUT2D eigenvalue weighted by Crippen LogP contribution is -2.25. The highest BCUT2D eigenvalue weighted by atomic mass is 19.3. The van der Waals surface area contributed by atoms with Gasteiger partial charge in [0.25, 0.3) is 0 Å². The molecule has 0 aliphatic heterocycles. The number of alkyl halides is 2. The molecule has 0 heterocycles. The van der Waals surface area contributed by atoms with Gasteiger partial charge in [0.05, 0.1) is 0 Å². The number of carbonyl (C=O) groups is 1. The van der Waals surface area contributed by atoms with Gasteiger partial charge < -0.3 is 0 Å². The van der Waals surface area contributed by atoms with Crippen LogP contribution in [0.5, 0.6) is 0 Å². The number of halogens is 2. The Balaban J connectivity index is 3.29. The molecule has 0 saturated heterocycles. The van der Waals surface area contributed by atoms with E-state index in [9.17, 15) is 13.6 Å². The van der Waals surface area contributed by atoms with E-state index in [1.54, 1.807) is 0 Å². The normalized spacial score (nSPS) is 12.2. The van der Waals surface area contributed by atoms with Crippen LogP contribution in [0.3, 0.4) is 0 Å². The van der Waals surface area contributed by atoms with Crippen molar-refractivity contribution in [3.63, 3.8) is 0 Å². The third-order valence-electron chi connectivity index (χ3n) is 3.52. The molecule has 1 nitrogen and oxygen atoms in total. The molecule has 0 aliphatic rings. The summed E-state index contributed by atoms with van der Waals surface area (Å²) in [5.41, 5.74) is 0. The molecular formula is C17H30F2O. The quantitative estimate of drug-likeness (QED) is 0.296. The summed E-state index contributed by atoms with van der Waals surface area (Å²) in [6.45, 7) is 3.16. The van der Waals surface area contributed by atoms with Gasteiger partial charge in [0.1, 0.15) is 0 Å². The second-order valence-corrected chi connectivity index (χ2v) is 5.53. The first-order valence-electron chi connectivity index (χ1n) is 8.04. The number of carbonyl (C=O) groups excluding carboxylic acids is 1. The SMILES string of the molecule is CCCC/C=C\CCCCCCCCC(F)(F)C(C)=O. The second-order valence-electron chi connectivity index (χ2n) is 5.53. The summed E-state index contributed by atoms with van der Waals surface area (Å²) in [5.74, 6) is -4.11. The summed E-state index contributed by atoms with van der Waals surface area (Å²) < 4.78 is 26.0. The van der Waals surface area contributed by atoms with Crippen LogP contribution in [0.15, 0.2) is 12.2 Å². The highest BCUT2D eigenvalue weighted by molar-refractivity contribution is 5.82. The zero-order valence-electron chi connectivity index (χ0n) is 13.1. The predicted octanol–water partition coefficient (Wildman–Crippen LogP) is 6.08. The largest absolute Gasteiger partial charge is 0.304 e. The molecule has 118 valence electrons. The first-order valence-corrected chi connectivity index (χ1v) is 8.04. The van der Waals surface area contributed by atoms with Crippen molar-refractivity contribution in [2.75, 3.05) is 0 Å². The van der Waals surface area contributed by atoms with Crippen molar-refractivity contribution < 1.29 is 13.6 Å². The van der Waals surface area contributed by atoms with Gasteiger partial charge in [-0.15, -0.1) is 0 Å². The van der Waals surface area contributed by atoms with Crippen LogP contribution in [-0.4, -0.2) is 11.7 Å². The number of Topliss-reactive ketones (excluding diaryl/α,β-unsaturated/α-hetero) is 1. The van der Waals surface area contributed by atoms with Crippen molar-refractivity contribution >= 4 is 5.78 Å². The summed E-state index contributed by atoms with van der Waals surface area (Å²) in [4.78, 5) is 10.6. The van der Waals surface area contributed by atoms with Crippen LogP contribution in [0.1, 0.15) is 84.5 Å². The molecule has 0 saturated carbocycles. The van der Waals surface area contributed by atoms with Gasteiger partial charge in [-0.1, -0.05) is 57.6 Å². The number of allylic oxidation sites excluding steroid dienone is 2. The Bertz CT molecular complexity index is 272. The highest BCUT2D eigenvalue weighted by Gasteiger charge is 2.33. The number of unbranched alkanes of at least 4 members (excludes halogenated alkanes) is 8. The molecule has 0 spiro atoms. The molecule has 0 bridgehead atoms. The smallest absolute Gasteiger partial charge is 0.293 e. The van der Waals surface area contributed by atoms with E-state index >= 15 is 0 Å². The van der Waals surface area contributed by atoms with E-state index in [0.29, 0.717) is 6.42 Å². The molecule has 0 atom stereocenters. The van der Waals surface area contributed by atoms with E-state index in [0.717, 1.165) is 32.6 Å². The second kappa shape index (κ2) is 12.0. The minimum atomic E-state index is -3.11. The molecule has 0 radical (unpaired) electrons. The van der Waals surface area contributed by atoms with Crippen LogP contribution >= 0.6 is 0 Å². The molecule has 0 fully saturated rings. The van der Waals surface area contributed by atoms with Crippen molar-refractivity contribution in [1.82, 2.24) is 0 Å². The Hall–Kier alpha value is -0.730. The topological polar surface area (TPSA) is 17.1 Å². The van der Waals surface area contributed by atoms with Gasteiger partial charge in [-0.3, -0.25) is 4.79 Å². The van der Waals surface area contributed by atoms with Crippen molar-refractivity contribution in [2.24, 2.45) is 0 Å². The molecule has 0 aromatic rings. The van der Waals surface area contributed by atoms with Gasteiger partial charge in [0.2, 0.25) is 0 Å². The summed E-state index contributed by atoms with van der Waals surface area (Å²) >= 11 is 0. The Morgan fingerprint density at radius 3 is 1.95 bits per heavy atom. The lowest BCUT2D eigenvalue weighted by molar-refractivity contribution is -0.141. The monoisotopic (exact) mass is 288 g/mol. The van der Waals surface area contributed by atoms with Gasteiger partial charge in [-0.05, 0) is 25.7 Å². The number of hydrogen-bond acceptors (Lipinski definition) is 1. The standard InChI is InChI=1S/C17H30F2O/c1-3-4-5-6-7-8-9-10-11-12-13-14-15-17(18,19)16(2)20/h6-7H,3-5,8-15H2,1-2H3/b7-6-.